The molecule has 0 spiro atoms. The predicted molar refractivity (Wildman–Crippen MR) is 75.7 cm³/mol. The zero-order chi connectivity index (χ0) is 14.1. The first-order valence-electron chi connectivity index (χ1n) is 6.44. The monoisotopic (exact) mass is 267 g/mol. The van der Waals surface area contributed by atoms with E-state index in [-0.39, 0.29) is 11.9 Å². The van der Waals surface area contributed by atoms with Gasteiger partial charge in [-0.15, -0.1) is 0 Å². The molecule has 5 heteroatoms. The molecule has 0 radical (unpaired) electrons. The number of nitrogens with zero attached hydrogens (tertiary/aromatic N) is 1. The first-order chi connectivity index (χ1) is 9.17. The van der Waals surface area contributed by atoms with Gasteiger partial charge >= 0.3 is 0 Å². The summed E-state index contributed by atoms with van der Waals surface area (Å²) in [5, 5.41) is 6.32. The molecular weight excluding hydrogens is 245 g/mol. The van der Waals surface area contributed by atoms with Crippen molar-refractivity contribution in [3.8, 4) is 0 Å². The molecule has 1 rings (SSSR count). The predicted octanol–water partition coefficient (Wildman–Crippen LogP) is 1.92. The van der Waals surface area contributed by atoms with Crippen LogP contribution in [0.4, 0.5) is 4.39 Å². The Labute approximate surface area is 114 Å². The van der Waals surface area contributed by atoms with Crippen molar-refractivity contribution in [2.45, 2.75) is 26.4 Å². The minimum atomic E-state index is -0.230. The molecule has 106 valence electrons. The van der Waals surface area contributed by atoms with Gasteiger partial charge in [0.05, 0.1) is 13.2 Å². The highest BCUT2D eigenvalue weighted by Gasteiger charge is 2.05. The zero-order valence-electron chi connectivity index (χ0n) is 11.7. The van der Waals surface area contributed by atoms with Gasteiger partial charge in [0.1, 0.15) is 5.82 Å². The first-order valence-corrected chi connectivity index (χ1v) is 6.44. The lowest BCUT2D eigenvalue weighted by molar-refractivity contribution is 0.179. The van der Waals surface area contributed by atoms with Crippen LogP contribution in [0.3, 0.4) is 0 Å². The summed E-state index contributed by atoms with van der Waals surface area (Å²) in [7, 11) is 1.65. The van der Waals surface area contributed by atoms with Gasteiger partial charge in [-0.05, 0) is 19.9 Å². The Bertz CT molecular complexity index is 409. The van der Waals surface area contributed by atoms with Crippen molar-refractivity contribution in [1.29, 1.82) is 0 Å². The van der Waals surface area contributed by atoms with Crippen molar-refractivity contribution < 1.29 is 9.13 Å². The van der Waals surface area contributed by atoms with Crippen molar-refractivity contribution in [2.75, 3.05) is 20.3 Å². The van der Waals surface area contributed by atoms with E-state index in [1.165, 1.54) is 6.07 Å². The lowest BCUT2D eigenvalue weighted by Crippen LogP contribution is -2.43. The number of aliphatic imine (C=N–C) groups is 1. The van der Waals surface area contributed by atoms with E-state index in [0.29, 0.717) is 24.7 Å². The number of halogens is 1. The molecule has 2 N–H and O–H groups in total. The van der Waals surface area contributed by atoms with E-state index in [1.807, 2.05) is 19.9 Å². The third kappa shape index (κ3) is 5.70. The maximum atomic E-state index is 13.5. The van der Waals surface area contributed by atoms with Gasteiger partial charge in [-0.2, -0.15) is 0 Å². The molecular formula is C14H22FN3O. The van der Waals surface area contributed by atoms with Crippen LogP contribution in [-0.4, -0.2) is 32.3 Å². The molecule has 0 saturated carbocycles. The van der Waals surface area contributed by atoms with Gasteiger partial charge in [-0.1, -0.05) is 18.2 Å². The van der Waals surface area contributed by atoms with Gasteiger partial charge in [0.15, 0.2) is 5.96 Å². The van der Waals surface area contributed by atoms with Gasteiger partial charge in [0.25, 0.3) is 0 Å². The fourth-order valence-electron chi connectivity index (χ4n) is 1.64. The molecule has 0 aliphatic rings. The molecule has 1 aromatic rings. The maximum Gasteiger partial charge on any atom is 0.191 e. The van der Waals surface area contributed by atoms with Gasteiger partial charge in [-0.3, -0.25) is 0 Å². The van der Waals surface area contributed by atoms with E-state index in [0.717, 1.165) is 6.54 Å². The molecule has 1 aromatic carbocycles. The van der Waals surface area contributed by atoms with Gasteiger partial charge in [0.2, 0.25) is 0 Å². The van der Waals surface area contributed by atoms with E-state index in [4.69, 9.17) is 4.74 Å². The lowest BCUT2D eigenvalue weighted by Gasteiger charge is -2.17. The van der Waals surface area contributed by atoms with E-state index < -0.39 is 0 Å². The van der Waals surface area contributed by atoms with Crippen LogP contribution in [-0.2, 0) is 11.3 Å². The minimum absolute atomic E-state index is 0.142. The van der Waals surface area contributed by atoms with Crippen molar-refractivity contribution >= 4 is 5.96 Å². The highest BCUT2D eigenvalue weighted by atomic mass is 19.1. The van der Waals surface area contributed by atoms with Crippen LogP contribution in [0.25, 0.3) is 0 Å². The topological polar surface area (TPSA) is 45.7 Å². The third-order valence-electron chi connectivity index (χ3n) is 2.51. The van der Waals surface area contributed by atoms with E-state index in [2.05, 4.69) is 15.6 Å². The van der Waals surface area contributed by atoms with Crippen LogP contribution in [0, 0.1) is 5.82 Å². The van der Waals surface area contributed by atoms with Gasteiger partial charge in [0, 0.05) is 25.3 Å². The number of ether oxygens (including phenoxy) is 1. The summed E-state index contributed by atoms with van der Waals surface area (Å²) in [5.74, 6) is 0.433. The fraction of sp³-hybridized carbons (Fsp3) is 0.500. The Morgan fingerprint density at radius 3 is 2.79 bits per heavy atom. The highest BCUT2D eigenvalue weighted by molar-refractivity contribution is 5.80. The number of hydrogen-bond donors (Lipinski definition) is 2. The third-order valence-corrected chi connectivity index (χ3v) is 2.51. The molecule has 19 heavy (non-hydrogen) atoms. The normalized spacial score (nSPS) is 13.2. The second-order valence-electron chi connectivity index (χ2n) is 4.29. The number of benzene rings is 1. The summed E-state index contributed by atoms with van der Waals surface area (Å²) in [6, 6.07) is 6.80. The molecule has 4 nitrogen and oxygen atoms in total. The molecule has 0 bridgehead atoms. The molecule has 0 fully saturated rings. The first kappa shape index (κ1) is 15.4. The molecule has 0 heterocycles. The van der Waals surface area contributed by atoms with Crippen LogP contribution in [0.15, 0.2) is 29.3 Å². The zero-order valence-corrected chi connectivity index (χ0v) is 11.7. The lowest BCUT2D eigenvalue weighted by atomic mass is 10.2. The van der Waals surface area contributed by atoms with Crippen molar-refractivity contribution in [3.05, 3.63) is 35.6 Å². The highest BCUT2D eigenvalue weighted by Crippen LogP contribution is 2.07. The Balaban J connectivity index is 2.65. The van der Waals surface area contributed by atoms with E-state index in [1.54, 1.807) is 19.2 Å². The molecule has 0 aliphatic carbocycles. The summed E-state index contributed by atoms with van der Waals surface area (Å²) < 4.78 is 18.5. The number of guanidine groups is 1. The van der Waals surface area contributed by atoms with E-state index >= 15 is 0 Å². The maximum absolute atomic E-state index is 13.5. The summed E-state index contributed by atoms with van der Waals surface area (Å²) >= 11 is 0. The Kier molecular flexibility index (Phi) is 6.89. The van der Waals surface area contributed by atoms with Gasteiger partial charge < -0.3 is 15.4 Å². The van der Waals surface area contributed by atoms with Crippen molar-refractivity contribution in [1.82, 2.24) is 10.6 Å². The minimum Gasteiger partial charge on any atom is -0.383 e. The van der Waals surface area contributed by atoms with Gasteiger partial charge in [-0.25, -0.2) is 9.38 Å². The molecule has 1 atom stereocenters. The van der Waals surface area contributed by atoms with Crippen molar-refractivity contribution in [3.63, 3.8) is 0 Å². The molecule has 0 saturated heterocycles. The summed E-state index contributed by atoms with van der Waals surface area (Å²) in [6.07, 6.45) is 0. The van der Waals surface area contributed by atoms with Crippen LogP contribution in [0.1, 0.15) is 19.4 Å². The Morgan fingerprint density at radius 1 is 1.42 bits per heavy atom. The molecule has 1 unspecified atom stereocenters. The van der Waals surface area contributed by atoms with Crippen LogP contribution in [0.5, 0.6) is 0 Å². The Hall–Kier alpha value is -1.62. The molecule has 0 aromatic heterocycles. The molecule has 0 aliphatic heterocycles. The number of methoxy groups -OCH3 is 1. The second-order valence-corrected chi connectivity index (χ2v) is 4.29. The fourth-order valence-corrected chi connectivity index (χ4v) is 1.64. The smallest absolute Gasteiger partial charge is 0.191 e. The second kappa shape index (κ2) is 8.48. The van der Waals surface area contributed by atoms with Crippen LogP contribution >= 0.6 is 0 Å². The average molecular weight is 267 g/mol. The number of hydrogen-bond acceptors (Lipinski definition) is 2. The SMILES string of the molecule is CCNC(=NCc1ccccc1F)NC(C)COC. The van der Waals surface area contributed by atoms with Crippen LogP contribution < -0.4 is 10.6 Å². The largest absolute Gasteiger partial charge is 0.383 e. The standard InChI is InChI=1S/C14H22FN3O/c1-4-16-14(18-11(2)10-19-3)17-9-12-7-5-6-8-13(12)15/h5-8,11H,4,9-10H2,1-3H3,(H2,16,17,18). The average Bonchev–Trinajstić information content (AvgIpc) is 2.38. The molecule has 0 amide bonds. The van der Waals surface area contributed by atoms with Crippen molar-refractivity contribution in [2.24, 2.45) is 4.99 Å². The summed E-state index contributed by atoms with van der Waals surface area (Å²) in [6.45, 7) is 5.63. The van der Waals surface area contributed by atoms with Crippen LogP contribution in [0.2, 0.25) is 0 Å². The quantitative estimate of drug-likeness (QED) is 0.611. The number of rotatable bonds is 6. The Morgan fingerprint density at radius 2 is 2.16 bits per heavy atom. The summed E-state index contributed by atoms with van der Waals surface area (Å²) in [4.78, 5) is 4.37. The summed E-state index contributed by atoms with van der Waals surface area (Å²) in [5.41, 5.74) is 0.582. The van der Waals surface area contributed by atoms with E-state index in [9.17, 15) is 4.39 Å². The number of nitrogens with one attached hydrogen (secondary N) is 2.